The molecule has 1 heterocycles. The fraction of sp³-hybridized carbons (Fsp3) is 0.636. The summed E-state index contributed by atoms with van der Waals surface area (Å²) in [6.07, 6.45) is 1.47. The highest BCUT2D eigenvalue weighted by molar-refractivity contribution is 5.90. The van der Waals surface area contributed by atoms with Gasteiger partial charge in [0, 0.05) is 19.9 Å². The first-order chi connectivity index (χ1) is 8.49. The molecule has 1 unspecified atom stereocenters. The molecule has 0 aliphatic carbocycles. The third-order valence-electron chi connectivity index (χ3n) is 2.50. The van der Waals surface area contributed by atoms with Crippen LogP contribution in [0.3, 0.4) is 0 Å². The third-order valence-corrected chi connectivity index (χ3v) is 2.50. The van der Waals surface area contributed by atoms with E-state index in [1.54, 1.807) is 6.92 Å². The van der Waals surface area contributed by atoms with E-state index in [2.05, 4.69) is 15.5 Å². The van der Waals surface area contributed by atoms with E-state index in [0.29, 0.717) is 18.9 Å². The number of aromatic nitrogens is 2. The van der Waals surface area contributed by atoms with Gasteiger partial charge in [0.1, 0.15) is 0 Å². The van der Waals surface area contributed by atoms with Crippen molar-refractivity contribution < 1.29 is 19.2 Å². The molecule has 0 bridgehead atoms. The molecule has 0 aliphatic heterocycles. The van der Waals surface area contributed by atoms with Gasteiger partial charge in [-0.2, -0.15) is 4.98 Å². The van der Waals surface area contributed by atoms with E-state index < -0.39 is 5.97 Å². The largest absolute Gasteiger partial charge is 0.481 e. The fourth-order valence-corrected chi connectivity index (χ4v) is 1.42. The maximum atomic E-state index is 11.5. The number of nitrogens with one attached hydrogen (secondary N) is 1. The van der Waals surface area contributed by atoms with Crippen molar-refractivity contribution in [3.8, 4) is 0 Å². The van der Waals surface area contributed by atoms with Gasteiger partial charge in [-0.25, -0.2) is 0 Å². The SMILES string of the molecule is Cc1nc(C(=O)NCCC(C)CCC(=O)O)no1. The lowest BCUT2D eigenvalue weighted by atomic mass is 10.0. The number of rotatable bonds is 7. The highest BCUT2D eigenvalue weighted by Crippen LogP contribution is 2.09. The Kier molecular flexibility index (Phi) is 5.29. The molecule has 0 fully saturated rings. The fourth-order valence-electron chi connectivity index (χ4n) is 1.42. The standard InChI is InChI=1S/C11H17N3O4/c1-7(3-4-9(15)16)5-6-12-11(17)10-13-8(2)18-14-10/h7H,3-6H2,1-2H3,(H,12,17)(H,15,16). The number of hydrogen-bond donors (Lipinski definition) is 2. The van der Waals surface area contributed by atoms with Crippen molar-refractivity contribution in [2.75, 3.05) is 6.54 Å². The Labute approximate surface area is 105 Å². The summed E-state index contributed by atoms with van der Waals surface area (Å²) in [5.41, 5.74) is 0. The molecule has 0 spiro atoms. The lowest BCUT2D eigenvalue weighted by Crippen LogP contribution is -2.26. The van der Waals surface area contributed by atoms with Crippen molar-refractivity contribution in [2.24, 2.45) is 5.92 Å². The predicted molar refractivity (Wildman–Crippen MR) is 62.0 cm³/mol. The van der Waals surface area contributed by atoms with E-state index in [1.807, 2.05) is 6.92 Å². The Hall–Kier alpha value is -1.92. The second-order valence-corrected chi connectivity index (χ2v) is 4.22. The van der Waals surface area contributed by atoms with Crippen molar-refractivity contribution in [1.82, 2.24) is 15.5 Å². The van der Waals surface area contributed by atoms with Gasteiger partial charge >= 0.3 is 5.97 Å². The molecule has 1 atom stereocenters. The molecule has 1 amide bonds. The van der Waals surface area contributed by atoms with Crippen LogP contribution in [0.25, 0.3) is 0 Å². The van der Waals surface area contributed by atoms with Crippen molar-refractivity contribution >= 4 is 11.9 Å². The smallest absolute Gasteiger partial charge is 0.303 e. The van der Waals surface area contributed by atoms with Crippen molar-refractivity contribution in [2.45, 2.75) is 33.1 Å². The van der Waals surface area contributed by atoms with E-state index in [4.69, 9.17) is 9.63 Å². The Morgan fingerprint density at radius 3 is 2.72 bits per heavy atom. The third kappa shape index (κ3) is 4.94. The van der Waals surface area contributed by atoms with Gasteiger partial charge in [-0.05, 0) is 18.8 Å². The van der Waals surface area contributed by atoms with Crippen LogP contribution in [0.1, 0.15) is 42.7 Å². The summed E-state index contributed by atoms with van der Waals surface area (Å²) in [4.78, 5) is 25.7. The number of carbonyl (C=O) groups is 2. The Morgan fingerprint density at radius 1 is 1.44 bits per heavy atom. The maximum Gasteiger partial charge on any atom is 0.303 e. The highest BCUT2D eigenvalue weighted by atomic mass is 16.5. The number of carboxylic acids is 1. The summed E-state index contributed by atoms with van der Waals surface area (Å²) >= 11 is 0. The molecule has 0 saturated carbocycles. The minimum atomic E-state index is -0.798. The summed E-state index contributed by atoms with van der Waals surface area (Å²) in [5.74, 6) is -0.570. The van der Waals surface area contributed by atoms with Crippen molar-refractivity contribution in [3.63, 3.8) is 0 Å². The van der Waals surface area contributed by atoms with Gasteiger partial charge in [0.25, 0.3) is 11.7 Å². The summed E-state index contributed by atoms with van der Waals surface area (Å²) < 4.78 is 4.69. The minimum Gasteiger partial charge on any atom is -0.481 e. The first-order valence-electron chi connectivity index (χ1n) is 5.79. The number of nitrogens with zero attached hydrogens (tertiary/aromatic N) is 2. The second-order valence-electron chi connectivity index (χ2n) is 4.22. The topological polar surface area (TPSA) is 105 Å². The summed E-state index contributed by atoms with van der Waals surface area (Å²) in [6, 6.07) is 0. The lowest BCUT2D eigenvalue weighted by Gasteiger charge is -2.09. The van der Waals surface area contributed by atoms with Gasteiger partial charge in [-0.15, -0.1) is 0 Å². The molecule has 0 aromatic carbocycles. The highest BCUT2D eigenvalue weighted by Gasteiger charge is 2.12. The molecule has 100 valence electrons. The number of carboxylic acid groups (broad SMARTS) is 1. The van der Waals surface area contributed by atoms with E-state index in [-0.39, 0.29) is 24.1 Å². The van der Waals surface area contributed by atoms with Gasteiger partial charge in [-0.1, -0.05) is 12.1 Å². The van der Waals surface area contributed by atoms with Gasteiger partial charge in [-0.3, -0.25) is 9.59 Å². The number of amides is 1. The number of hydrogen-bond acceptors (Lipinski definition) is 5. The molecule has 0 saturated heterocycles. The van der Waals surface area contributed by atoms with Crippen LogP contribution in [-0.4, -0.2) is 33.7 Å². The molecule has 1 rings (SSSR count). The Balaban J connectivity index is 2.21. The quantitative estimate of drug-likeness (QED) is 0.753. The number of aryl methyl sites for hydroxylation is 1. The Morgan fingerprint density at radius 2 is 2.17 bits per heavy atom. The van der Waals surface area contributed by atoms with E-state index in [1.165, 1.54) is 0 Å². The normalized spacial score (nSPS) is 12.1. The maximum absolute atomic E-state index is 11.5. The van der Waals surface area contributed by atoms with Crippen LogP contribution < -0.4 is 5.32 Å². The minimum absolute atomic E-state index is 0.0192. The van der Waals surface area contributed by atoms with Gasteiger partial charge in [0.15, 0.2) is 0 Å². The molecule has 18 heavy (non-hydrogen) atoms. The number of carbonyl (C=O) groups excluding carboxylic acids is 1. The zero-order valence-electron chi connectivity index (χ0n) is 10.5. The monoisotopic (exact) mass is 255 g/mol. The van der Waals surface area contributed by atoms with Crippen LogP contribution in [0.15, 0.2) is 4.52 Å². The molecular formula is C11H17N3O4. The zero-order chi connectivity index (χ0) is 13.5. The number of aliphatic carboxylic acids is 1. The molecule has 1 aromatic rings. The average Bonchev–Trinajstić information content (AvgIpc) is 2.73. The molecule has 1 aromatic heterocycles. The van der Waals surface area contributed by atoms with Crippen molar-refractivity contribution in [3.05, 3.63) is 11.7 Å². The van der Waals surface area contributed by atoms with Crippen LogP contribution >= 0.6 is 0 Å². The molecular weight excluding hydrogens is 238 g/mol. The summed E-state index contributed by atoms with van der Waals surface area (Å²) in [5, 5.41) is 14.7. The van der Waals surface area contributed by atoms with Crippen LogP contribution in [0.2, 0.25) is 0 Å². The summed E-state index contributed by atoms with van der Waals surface area (Å²) in [6.45, 7) is 4.03. The predicted octanol–water partition coefficient (Wildman–Crippen LogP) is 0.999. The second kappa shape index (κ2) is 6.73. The van der Waals surface area contributed by atoms with E-state index >= 15 is 0 Å². The first kappa shape index (κ1) is 14.1. The molecule has 0 aliphatic rings. The van der Waals surface area contributed by atoms with Crippen LogP contribution in [-0.2, 0) is 4.79 Å². The lowest BCUT2D eigenvalue weighted by molar-refractivity contribution is -0.137. The zero-order valence-corrected chi connectivity index (χ0v) is 10.5. The molecule has 0 radical (unpaired) electrons. The molecule has 2 N–H and O–H groups in total. The molecule has 7 nitrogen and oxygen atoms in total. The van der Waals surface area contributed by atoms with Crippen molar-refractivity contribution in [1.29, 1.82) is 0 Å². The first-order valence-corrected chi connectivity index (χ1v) is 5.79. The van der Waals surface area contributed by atoms with Crippen LogP contribution in [0.4, 0.5) is 0 Å². The van der Waals surface area contributed by atoms with Gasteiger partial charge in [0.05, 0.1) is 0 Å². The average molecular weight is 255 g/mol. The van der Waals surface area contributed by atoms with E-state index in [9.17, 15) is 9.59 Å². The summed E-state index contributed by atoms with van der Waals surface area (Å²) in [7, 11) is 0. The van der Waals surface area contributed by atoms with Gasteiger partial charge < -0.3 is 14.9 Å². The van der Waals surface area contributed by atoms with Crippen LogP contribution in [0.5, 0.6) is 0 Å². The van der Waals surface area contributed by atoms with E-state index in [0.717, 1.165) is 6.42 Å². The van der Waals surface area contributed by atoms with Gasteiger partial charge in [0.2, 0.25) is 5.89 Å². The molecule has 7 heteroatoms. The van der Waals surface area contributed by atoms with Crippen LogP contribution in [0, 0.1) is 12.8 Å². The Bertz CT molecular complexity index is 416.